The van der Waals surface area contributed by atoms with Crippen molar-refractivity contribution in [1.29, 1.82) is 0 Å². The summed E-state index contributed by atoms with van der Waals surface area (Å²) in [5.74, 6) is -1.59. The average molecular weight is 491 g/mol. The molecule has 0 aliphatic heterocycles. The van der Waals surface area contributed by atoms with E-state index in [2.05, 4.69) is 0 Å². The highest BCUT2D eigenvalue weighted by atomic mass is 19.4. The van der Waals surface area contributed by atoms with Crippen molar-refractivity contribution in [2.24, 2.45) is 0 Å². The quantitative estimate of drug-likeness (QED) is 0.340. The van der Waals surface area contributed by atoms with E-state index in [4.69, 9.17) is 4.42 Å². The molecular formula is C29H23F3NO3+. The van der Waals surface area contributed by atoms with Crippen LogP contribution in [-0.4, -0.2) is 12.2 Å². The number of hydrogen-bond acceptors (Lipinski definition) is 3. The lowest BCUT2D eigenvalue weighted by molar-refractivity contribution is -0.907. The van der Waals surface area contributed by atoms with Gasteiger partial charge in [0.25, 0.3) is 0 Å². The summed E-state index contributed by atoms with van der Waals surface area (Å²) < 4.78 is 48.5. The zero-order valence-corrected chi connectivity index (χ0v) is 19.4. The zero-order valence-electron chi connectivity index (χ0n) is 19.4. The third-order valence-corrected chi connectivity index (χ3v) is 6.28. The third kappa shape index (κ3) is 4.33. The first-order valence-electron chi connectivity index (χ1n) is 11.5. The SMILES string of the molecule is C[NH+](Cc1ccccc1)Cc1c(O)ccc2c(=O)c(-c3cccc4ccccc34)c(C(F)(F)F)oc12. The van der Waals surface area contributed by atoms with Gasteiger partial charge in [0, 0.05) is 5.56 Å². The van der Waals surface area contributed by atoms with Crippen molar-refractivity contribution in [1.82, 2.24) is 0 Å². The highest BCUT2D eigenvalue weighted by Crippen LogP contribution is 2.40. The lowest BCUT2D eigenvalue weighted by Crippen LogP contribution is -3.06. The van der Waals surface area contributed by atoms with Crippen LogP contribution in [-0.2, 0) is 19.3 Å². The fourth-order valence-electron chi connectivity index (χ4n) is 4.67. The number of aromatic hydroxyl groups is 1. The van der Waals surface area contributed by atoms with Crippen LogP contribution in [0, 0.1) is 0 Å². The highest BCUT2D eigenvalue weighted by Gasteiger charge is 2.40. The number of alkyl halides is 3. The molecule has 0 radical (unpaired) electrons. The van der Waals surface area contributed by atoms with Crippen molar-refractivity contribution in [3.63, 3.8) is 0 Å². The first-order chi connectivity index (χ1) is 17.2. The summed E-state index contributed by atoms with van der Waals surface area (Å²) in [5.41, 5.74) is -0.227. The zero-order chi connectivity index (χ0) is 25.4. The molecule has 5 rings (SSSR count). The van der Waals surface area contributed by atoms with Gasteiger partial charge in [0.1, 0.15) is 18.8 Å². The summed E-state index contributed by atoms with van der Waals surface area (Å²) in [6, 6.07) is 24.1. The maximum Gasteiger partial charge on any atom is 0.450 e. The molecule has 1 unspecified atom stereocenters. The minimum absolute atomic E-state index is 0.00811. The predicted octanol–water partition coefficient (Wildman–Crippen LogP) is 5.55. The van der Waals surface area contributed by atoms with Gasteiger partial charge >= 0.3 is 6.18 Å². The molecule has 1 aromatic heterocycles. The number of phenols is 1. The Morgan fingerprint density at radius 3 is 2.28 bits per heavy atom. The molecule has 4 nitrogen and oxygen atoms in total. The van der Waals surface area contributed by atoms with E-state index in [1.165, 1.54) is 18.2 Å². The topological polar surface area (TPSA) is 54.9 Å². The normalized spacial score (nSPS) is 12.8. The molecule has 0 spiro atoms. The number of benzene rings is 4. The number of fused-ring (bicyclic) bond motifs is 2. The van der Waals surface area contributed by atoms with Gasteiger partial charge in [0.15, 0.2) is 5.58 Å². The summed E-state index contributed by atoms with van der Waals surface area (Å²) in [4.78, 5) is 14.5. The average Bonchev–Trinajstić information content (AvgIpc) is 2.85. The molecule has 36 heavy (non-hydrogen) atoms. The van der Waals surface area contributed by atoms with Gasteiger partial charge in [-0.2, -0.15) is 13.2 Å². The minimum atomic E-state index is -4.93. The van der Waals surface area contributed by atoms with Crippen molar-refractivity contribution in [3.8, 4) is 16.9 Å². The Hall–Kier alpha value is -4.10. The second-order valence-corrected chi connectivity index (χ2v) is 8.90. The molecule has 0 saturated carbocycles. The van der Waals surface area contributed by atoms with Crippen molar-refractivity contribution in [2.75, 3.05) is 7.05 Å². The van der Waals surface area contributed by atoms with E-state index in [0.717, 1.165) is 10.5 Å². The van der Waals surface area contributed by atoms with E-state index in [1.807, 2.05) is 37.4 Å². The summed E-state index contributed by atoms with van der Waals surface area (Å²) in [6.07, 6.45) is -4.93. The maximum atomic E-state index is 14.3. The van der Waals surface area contributed by atoms with Gasteiger partial charge in [-0.05, 0) is 28.5 Å². The molecule has 5 aromatic rings. The molecule has 0 fully saturated rings. The summed E-state index contributed by atoms with van der Waals surface area (Å²) >= 11 is 0. The maximum absolute atomic E-state index is 14.3. The first kappa shape index (κ1) is 23.6. The van der Waals surface area contributed by atoms with E-state index in [-0.39, 0.29) is 34.4 Å². The van der Waals surface area contributed by atoms with Gasteiger partial charge < -0.3 is 14.4 Å². The first-order valence-corrected chi connectivity index (χ1v) is 11.5. The number of phenolic OH excluding ortho intramolecular Hbond substituents is 1. The second-order valence-electron chi connectivity index (χ2n) is 8.90. The molecule has 0 aliphatic carbocycles. The number of quaternary nitrogens is 1. The molecule has 4 aromatic carbocycles. The Morgan fingerprint density at radius 1 is 0.833 bits per heavy atom. The molecule has 2 N–H and O–H groups in total. The second kappa shape index (κ2) is 9.17. The highest BCUT2D eigenvalue weighted by molar-refractivity contribution is 5.99. The Morgan fingerprint density at radius 2 is 1.53 bits per heavy atom. The lowest BCUT2D eigenvalue weighted by Gasteiger charge is -2.18. The van der Waals surface area contributed by atoms with Crippen molar-refractivity contribution >= 4 is 21.7 Å². The predicted molar refractivity (Wildman–Crippen MR) is 133 cm³/mol. The molecule has 7 heteroatoms. The fourth-order valence-corrected chi connectivity index (χ4v) is 4.67. The van der Waals surface area contributed by atoms with E-state index in [9.17, 15) is 23.1 Å². The third-order valence-electron chi connectivity index (χ3n) is 6.28. The van der Waals surface area contributed by atoms with Gasteiger partial charge in [0.2, 0.25) is 11.2 Å². The van der Waals surface area contributed by atoms with Gasteiger partial charge in [-0.1, -0.05) is 72.8 Å². The van der Waals surface area contributed by atoms with Crippen molar-refractivity contribution in [3.05, 3.63) is 112 Å². The van der Waals surface area contributed by atoms with E-state index in [1.54, 1.807) is 36.4 Å². The number of hydrogen-bond donors (Lipinski definition) is 2. The van der Waals surface area contributed by atoms with E-state index < -0.39 is 22.9 Å². The summed E-state index contributed by atoms with van der Waals surface area (Å²) in [7, 11) is 1.86. The fraction of sp³-hybridized carbons (Fsp3) is 0.138. The molecule has 182 valence electrons. The van der Waals surface area contributed by atoms with Crippen molar-refractivity contribution < 1.29 is 27.6 Å². The molecular weight excluding hydrogens is 467 g/mol. The van der Waals surface area contributed by atoms with Gasteiger partial charge in [-0.3, -0.25) is 4.79 Å². The van der Waals surface area contributed by atoms with Gasteiger partial charge in [-0.25, -0.2) is 0 Å². The largest absolute Gasteiger partial charge is 0.507 e. The molecule has 0 aliphatic rings. The summed E-state index contributed by atoms with van der Waals surface area (Å²) in [5, 5.41) is 11.8. The van der Waals surface area contributed by atoms with Crippen LogP contribution in [0.2, 0.25) is 0 Å². The monoisotopic (exact) mass is 490 g/mol. The smallest absolute Gasteiger partial charge is 0.450 e. The van der Waals surface area contributed by atoms with Crippen LogP contribution in [0.1, 0.15) is 16.9 Å². The standard InChI is InChI=1S/C29H22F3NO3/c1-33(16-18-8-3-2-4-9-18)17-23-24(34)15-14-22-26(35)25(28(29(30,31)32)36-27(22)23)21-13-7-11-19-10-5-6-12-20(19)21/h2-15,34H,16-17H2,1H3/p+1. The Labute approximate surface area is 204 Å². The van der Waals surface area contributed by atoms with Crippen LogP contribution in [0.15, 0.2) is 94.1 Å². The number of halogens is 3. The lowest BCUT2D eigenvalue weighted by atomic mass is 9.95. The molecule has 0 amide bonds. The molecule has 1 atom stereocenters. The number of rotatable bonds is 5. The summed E-state index contributed by atoms with van der Waals surface area (Å²) in [6.45, 7) is 0.729. The van der Waals surface area contributed by atoms with Crippen LogP contribution in [0.5, 0.6) is 5.75 Å². The Bertz CT molecular complexity index is 1620. The molecule has 0 bridgehead atoms. The van der Waals surface area contributed by atoms with Crippen LogP contribution in [0.25, 0.3) is 32.9 Å². The van der Waals surface area contributed by atoms with Crippen LogP contribution >= 0.6 is 0 Å². The Kier molecular flexibility index (Phi) is 6.02. The van der Waals surface area contributed by atoms with Gasteiger partial charge in [0.05, 0.1) is 23.6 Å². The van der Waals surface area contributed by atoms with E-state index in [0.29, 0.717) is 17.3 Å². The van der Waals surface area contributed by atoms with Crippen LogP contribution in [0.4, 0.5) is 13.2 Å². The van der Waals surface area contributed by atoms with Gasteiger partial charge in [-0.15, -0.1) is 0 Å². The van der Waals surface area contributed by atoms with Crippen LogP contribution < -0.4 is 10.3 Å². The Balaban J connectivity index is 1.72. The number of nitrogens with one attached hydrogen (secondary N) is 1. The van der Waals surface area contributed by atoms with Crippen molar-refractivity contribution in [2.45, 2.75) is 19.3 Å². The van der Waals surface area contributed by atoms with E-state index >= 15 is 0 Å². The molecule has 0 saturated heterocycles. The molecule has 1 heterocycles. The minimum Gasteiger partial charge on any atom is -0.507 e. The van der Waals surface area contributed by atoms with Crippen LogP contribution in [0.3, 0.4) is 0 Å².